The molecular weight excluding hydrogens is 373 g/mol. The largest absolute Gasteiger partial charge is 0.416 e. The third kappa shape index (κ3) is 4.59. The number of carbonyl (C=O) groups excluding carboxylic acids is 2. The summed E-state index contributed by atoms with van der Waals surface area (Å²) in [6.45, 7) is 3.90. The molecular formula is C19H19F3N4O2. The Labute approximate surface area is 160 Å². The molecule has 3 rings (SSSR count). The number of hydrogen-bond donors (Lipinski definition) is 1. The summed E-state index contributed by atoms with van der Waals surface area (Å²) in [5, 5.41) is 2.47. The molecule has 148 valence electrons. The van der Waals surface area contributed by atoms with Gasteiger partial charge in [-0.2, -0.15) is 13.2 Å². The van der Waals surface area contributed by atoms with Crippen LogP contribution in [0, 0.1) is 0 Å². The Bertz CT molecular complexity index is 877. The predicted molar refractivity (Wildman–Crippen MR) is 98.1 cm³/mol. The molecule has 0 saturated carbocycles. The van der Waals surface area contributed by atoms with Gasteiger partial charge in [0.2, 0.25) is 5.91 Å². The molecule has 9 heteroatoms. The molecule has 1 aliphatic rings. The van der Waals surface area contributed by atoms with Crippen LogP contribution in [0.1, 0.15) is 22.8 Å². The summed E-state index contributed by atoms with van der Waals surface area (Å²) in [6.07, 6.45) is -1.51. The summed E-state index contributed by atoms with van der Waals surface area (Å²) < 4.78 is 38.4. The number of benzene rings is 1. The number of anilines is 2. The second-order valence-electron chi connectivity index (χ2n) is 6.46. The lowest BCUT2D eigenvalue weighted by Gasteiger charge is -2.35. The number of aromatic nitrogens is 1. The Hall–Kier alpha value is -3.10. The first-order valence-electron chi connectivity index (χ1n) is 8.68. The number of alkyl halides is 3. The van der Waals surface area contributed by atoms with Crippen molar-refractivity contribution >= 4 is 23.2 Å². The number of nitrogens with one attached hydrogen (secondary N) is 1. The normalized spacial score (nSPS) is 14.7. The quantitative estimate of drug-likeness (QED) is 0.872. The Morgan fingerprint density at radius 2 is 1.79 bits per heavy atom. The van der Waals surface area contributed by atoms with Crippen LogP contribution in [0.25, 0.3) is 0 Å². The van der Waals surface area contributed by atoms with E-state index in [2.05, 4.69) is 10.3 Å². The average molecular weight is 392 g/mol. The van der Waals surface area contributed by atoms with Crippen molar-refractivity contribution in [1.29, 1.82) is 0 Å². The van der Waals surface area contributed by atoms with Gasteiger partial charge in [0, 0.05) is 45.0 Å². The van der Waals surface area contributed by atoms with E-state index in [0.29, 0.717) is 26.2 Å². The first-order chi connectivity index (χ1) is 13.2. The molecule has 6 nitrogen and oxygen atoms in total. The fourth-order valence-corrected chi connectivity index (χ4v) is 2.98. The number of rotatable bonds is 3. The van der Waals surface area contributed by atoms with Crippen LogP contribution < -0.4 is 10.2 Å². The molecule has 0 aliphatic carbocycles. The maximum Gasteiger partial charge on any atom is 0.416 e. The molecule has 0 unspecified atom stereocenters. The molecule has 1 aromatic heterocycles. The van der Waals surface area contributed by atoms with Gasteiger partial charge in [0.05, 0.1) is 23.0 Å². The van der Waals surface area contributed by atoms with Crippen molar-refractivity contribution < 1.29 is 22.8 Å². The minimum absolute atomic E-state index is 0.0204. The molecule has 1 aliphatic heterocycles. The first kappa shape index (κ1) is 19.7. The van der Waals surface area contributed by atoms with Gasteiger partial charge in [0.1, 0.15) is 0 Å². The molecule has 1 saturated heterocycles. The fraction of sp³-hybridized carbons (Fsp3) is 0.316. The van der Waals surface area contributed by atoms with Crippen molar-refractivity contribution in [3.8, 4) is 0 Å². The van der Waals surface area contributed by atoms with E-state index < -0.39 is 17.6 Å². The summed E-state index contributed by atoms with van der Waals surface area (Å²) in [7, 11) is 0. The van der Waals surface area contributed by atoms with Gasteiger partial charge in [-0.15, -0.1) is 0 Å². The summed E-state index contributed by atoms with van der Waals surface area (Å²) in [4.78, 5) is 31.7. The number of nitrogens with zero attached hydrogens (tertiary/aromatic N) is 3. The van der Waals surface area contributed by atoms with Crippen molar-refractivity contribution in [3.63, 3.8) is 0 Å². The number of pyridine rings is 1. The monoisotopic (exact) mass is 392 g/mol. The summed E-state index contributed by atoms with van der Waals surface area (Å²) >= 11 is 0. The zero-order valence-electron chi connectivity index (χ0n) is 15.2. The van der Waals surface area contributed by atoms with Gasteiger partial charge in [-0.3, -0.25) is 14.6 Å². The Balaban J connectivity index is 1.70. The SMILES string of the molecule is CC(=O)N1CCN(c2cncc(C(=O)Nc3cccc(C(F)(F)F)c3)c2)CC1. The molecule has 1 fully saturated rings. The Morgan fingerprint density at radius 1 is 1.07 bits per heavy atom. The summed E-state index contributed by atoms with van der Waals surface area (Å²) in [5.41, 5.74) is 0.185. The molecule has 0 bridgehead atoms. The van der Waals surface area contributed by atoms with Crippen LogP contribution in [0.5, 0.6) is 0 Å². The summed E-state index contributed by atoms with van der Waals surface area (Å²) in [6, 6.07) is 6.10. The number of piperazine rings is 1. The van der Waals surface area contributed by atoms with Crippen LogP contribution in [0.15, 0.2) is 42.7 Å². The maximum absolute atomic E-state index is 12.8. The third-order valence-electron chi connectivity index (χ3n) is 4.52. The molecule has 0 radical (unpaired) electrons. The van der Waals surface area contributed by atoms with Gasteiger partial charge in [-0.05, 0) is 24.3 Å². The minimum Gasteiger partial charge on any atom is -0.367 e. The van der Waals surface area contributed by atoms with Crippen LogP contribution in [-0.2, 0) is 11.0 Å². The minimum atomic E-state index is -4.48. The van der Waals surface area contributed by atoms with Crippen LogP contribution in [0.2, 0.25) is 0 Å². The predicted octanol–water partition coefficient (Wildman–Crippen LogP) is 3.02. The Morgan fingerprint density at radius 3 is 2.43 bits per heavy atom. The second kappa shape index (κ2) is 7.87. The van der Waals surface area contributed by atoms with E-state index in [1.807, 2.05) is 4.90 Å². The van der Waals surface area contributed by atoms with Gasteiger partial charge >= 0.3 is 6.18 Å². The number of hydrogen-bond acceptors (Lipinski definition) is 4. The third-order valence-corrected chi connectivity index (χ3v) is 4.52. The number of halogens is 3. The van der Waals surface area contributed by atoms with E-state index in [1.165, 1.54) is 25.3 Å². The van der Waals surface area contributed by atoms with E-state index in [4.69, 9.17) is 0 Å². The van der Waals surface area contributed by atoms with E-state index in [9.17, 15) is 22.8 Å². The van der Waals surface area contributed by atoms with Crippen LogP contribution in [-0.4, -0.2) is 47.9 Å². The zero-order chi connectivity index (χ0) is 20.3. The van der Waals surface area contributed by atoms with E-state index in [1.54, 1.807) is 17.2 Å². The van der Waals surface area contributed by atoms with Crippen LogP contribution in [0.3, 0.4) is 0 Å². The van der Waals surface area contributed by atoms with Gasteiger partial charge in [-0.1, -0.05) is 6.07 Å². The van der Waals surface area contributed by atoms with E-state index in [-0.39, 0.29) is 17.2 Å². The highest BCUT2D eigenvalue weighted by atomic mass is 19.4. The molecule has 1 N–H and O–H groups in total. The van der Waals surface area contributed by atoms with Crippen LogP contribution >= 0.6 is 0 Å². The highest BCUT2D eigenvalue weighted by molar-refractivity contribution is 6.04. The average Bonchev–Trinajstić information content (AvgIpc) is 2.67. The topological polar surface area (TPSA) is 65.5 Å². The lowest BCUT2D eigenvalue weighted by molar-refractivity contribution is -0.137. The molecule has 2 heterocycles. The van der Waals surface area contributed by atoms with E-state index >= 15 is 0 Å². The van der Waals surface area contributed by atoms with E-state index in [0.717, 1.165) is 17.8 Å². The maximum atomic E-state index is 12.8. The highest BCUT2D eigenvalue weighted by Crippen LogP contribution is 2.30. The Kier molecular flexibility index (Phi) is 5.53. The summed E-state index contributed by atoms with van der Waals surface area (Å²) in [5.74, 6) is -0.525. The first-order valence-corrected chi connectivity index (χ1v) is 8.68. The zero-order valence-corrected chi connectivity index (χ0v) is 15.2. The number of carbonyl (C=O) groups is 2. The number of amides is 2. The van der Waals surface area contributed by atoms with Crippen molar-refractivity contribution in [2.45, 2.75) is 13.1 Å². The van der Waals surface area contributed by atoms with Gasteiger partial charge in [0.25, 0.3) is 5.91 Å². The molecule has 0 spiro atoms. The second-order valence-corrected chi connectivity index (χ2v) is 6.46. The standard InChI is InChI=1S/C19H19F3N4O2/c1-13(27)25-5-7-26(8-6-25)17-9-14(11-23-12-17)18(28)24-16-4-2-3-15(10-16)19(20,21)22/h2-4,9-12H,5-8H2,1H3,(H,24,28). The molecule has 2 aromatic rings. The van der Waals surface area contributed by atoms with Gasteiger partial charge < -0.3 is 15.1 Å². The van der Waals surface area contributed by atoms with Crippen LogP contribution in [0.4, 0.5) is 24.5 Å². The van der Waals surface area contributed by atoms with Crippen molar-refractivity contribution in [2.24, 2.45) is 0 Å². The fourth-order valence-electron chi connectivity index (χ4n) is 2.98. The lowest BCUT2D eigenvalue weighted by Crippen LogP contribution is -2.48. The van der Waals surface area contributed by atoms with Crippen molar-refractivity contribution in [3.05, 3.63) is 53.9 Å². The lowest BCUT2D eigenvalue weighted by atomic mass is 10.1. The highest BCUT2D eigenvalue weighted by Gasteiger charge is 2.30. The smallest absolute Gasteiger partial charge is 0.367 e. The molecule has 28 heavy (non-hydrogen) atoms. The molecule has 2 amide bonds. The molecule has 1 aromatic carbocycles. The molecule has 0 atom stereocenters. The van der Waals surface area contributed by atoms with Crippen molar-refractivity contribution in [1.82, 2.24) is 9.88 Å². The van der Waals surface area contributed by atoms with Gasteiger partial charge in [0.15, 0.2) is 0 Å². The van der Waals surface area contributed by atoms with Crippen molar-refractivity contribution in [2.75, 3.05) is 36.4 Å². The van der Waals surface area contributed by atoms with Gasteiger partial charge in [-0.25, -0.2) is 0 Å².